The maximum absolute atomic E-state index is 10.7. The van der Waals surface area contributed by atoms with E-state index in [2.05, 4.69) is 4.99 Å². The molecule has 0 bridgehead atoms. The van der Waals surface area contributed by atoms with Gasteiger partial charge >= 0.3 is 11.9 Å². The number of nitrogens with zero attached hydrogens (tertiary/aromatic N) is 1. The zero-order chi connectivity index (χ0) is 13.1. The summed E-state index contributed by atoms with van der Waals surface area (Å²) >= 11 is 1.43. The molecule has 5 nitrogen and oxygen atoms in total. The molecule has 0 aromatic heterocycles. The number of aliphatic imine (C=N–C) groups is 1. The third kappa shape index (κ3) is 4.60. The molecule has 0 aromatic carbocycles. The lowest BCUT2D eigenvalue weighted by Gasteiger charge is -2.25. The van der Waals surface area contributed by atoms with Gasteiger partial charge in [-0.25, -0.2) is 0 Å². The van der Waals surface area contributed by atoms with Gasteiger partial charge in [0.25, 0.3) is 0 Å². The zero-order valence-electron chi connectivity index (χ0n) is 9.77. The van der Waals surface area contributed by atoms with Crippen LogP contribution < -0.4 is 0 Å². The van der Waals surface area contributed by atoms with Crippen LogP contribution in [0.15, 0.2) is 15.6 Å². The molecule has 1 rings (SSSR count). The summed E-state index contributed by atoms with van der Waals surface area (Å²) in [7, 11) is 0. The molecule has 0 saturated carbocycles. The number of thioether (sulfide) groups is 1. The van der Waals surface area contributed by atoms with Crippen molar-refractivity contribution in [2.75, 3.05) is 0 Å². The molecule has 17 heavy (non-hydrogen) atoms. The van der Waals surface area contributed by atoms with Gasteiger partial charge in [-0.2, -0.15) is 0 Å². The Balaban J connectivity index is 2.85. The van der Waals surface area contributed by atoms with E-state index < -0.39 is 11.9 Å². The van der Waals surface area contributed by atoms with Crippen molar-refractivity contribution >= 4 is 29.9 Å². The van der Waals surface area contributed by atoms with Crippen LogP contribution in [-0.2, 0) is 9.59 Å². The van der Waals surface area contributed by atoms with Crippen LogP contribution in [0.3, 0.4) is 0 Å². The first-order valence-corrected chi connectivity index (χ1v) is 6.01. The number of hydrogen-bond acceptors (Lipinski definition) is 4. The molecule has 0 aromatic rings. The van der Waals surface area contributed by atoms with Gasteiger partial charge in [-0.1, -0.05) is 0 Å². The lowest BCUT2D eigenvalue weighted by atomic mass is 10.2. The van der Waals surface area contributed by atoms with E-state index in [9.17, 15) is 9.59 Å². The first-order valence-electron chi connectivity index (χ1n) is 5.20. The maximum Gasteiger partial charge on any atom is 0.308 e. The largest absolute Gasteiger partial charge is 0.481 e. The standard InChI is InChI=1S/C11H15NO4S/c1-11(2)6-12-7(3-4-9(13)14)8(17-11)5-10(15)16/h6H,3-5H2,1-2H3,(H,13,14)(H,15,16). The highest BCUT2D eigenvalue weighted by Gasteiger charge is 2.26. The van der Waals surface area contributed by atoms with Crippen molar-refractivity contribution < 1.29 is 19.8 Å². The lowest BCUT2D eigenvalue weighted by molar-refractivity contribution is -0.137. The van der Waals surface area contributed by atoms with Gasteiger partial charge in [0, 0.05) is 22.3 Å². The second-order valence-corrected chi connectivity index (χ2v) is 6.05. The summed E-state index contributed by atoms with van der Waals surface area (Å²) in [4.78, 5) is 26.1. The molecule has 2 N–H and O–H groups in total. The number of carboxylic acids is 2. The van der Waals surface area contributed by atoms with Gasteiger partial charge < -0.3 is 10.2 Å². The van der Waals surface area contributed by atoms with Gasteiger partial charge in [0.2, 0.25) is 0 Å². The van der Waals surface area contributed by atoms with Crippen LogP contribution in [0, 0.1) is 0 Å². The number of carboxylic acid groups (broad SMARTS) is 2. The van der Waals surface area contributed by atoms with Gasteiger partial charge in [-0.15, -0.1) is 11.8 Å². The van der Waals surface area contributed by atoms with E-state index in [1.807, 2.05) is 13.8 Å². The average molecular weight is 257 g/mol. The first kappa shape index (κ1) is 13.8. The minimum absolute atomic E-state index is 0.0310. The van der Waals surface area contributed by atoms with E-state index in [0.717, 1.165) is 0 Å². The van der Waals surface area contributed by atoms with Crippen molar-refractivity contribution in [1.82, 2.24) is 0 Å². The lowest BCUT2D eigenvalue weighted by Crippen LogP contribution is -2.21. The minimum atomic E-state index is -0.923. The number of aliphatic carboxylic acids is 2. The second-order valence-electron chi connectivity index (χ2n) is 4.30. The molecular formula is C11H15NO4S. The predicted octanol–water partition coefficient (Wildman–Crippen LogP) is 2.13. The van der Waals surface area contributed by atoms with Crippen LogP contribution in [0.2, 0.25) is 0 Å². The Labute approximate surface area is 104 Å². The van der Waals surface area contributed by atoms with Crippen molar-refractivity contribution in [2.24, 2.45) is 4.99 Å². The SMILES string of the molecule is CC1(C)C=NC(CCC(=O)O)=C(CC(=O)O)S1. The fourth-order valence-corrected chi connectivity index (χ4v) is 2.62. The Hall–Kier alpha value is -1.30. The van der Waals surface area contributed by atoms with E-state index in [1.54, 1.807) is 6.21 Å². The van der Waals surface area contributed by atoms with Crippen LogP contribution in [0.1, 0.15) is 33.1 Å². The smallest absolute Gasteiger partial charge is 0.308 e. The van der Waals surface area contributed by atoms with E-state index >= 15 is 0 Å². The van der Waals surface area contributed by atoms with Crippen LogP contribution in [-0.4, -0.2) is 33.1 Å². The molecule has 0 amide bonds. The van der Waals surface area contributed by atoms with Crippen molar-refractivity contribution in [3.63, 3.8) is 0 Å². The summed E-state index contributed by atoms with van der Waals surface area (Å²) in [6, 6.07) is 0. The maximum atomic E-state index is 10.7. The highest BCUT2D eigenvalue weighted by molar-refractivity contribution is 8.05. The van der Waals surface area contributed by atoms with Gasteiger partial charge in [0.15, 0.2) is 0 Å². The average Bonchev–Trinajstić information content (AvgIpc) is 2.14. The molecule has 94 valence electrons. The highest BCUT2D eigenvalue weighted by atomic mass is 32.2. The van der Waals surface area contributed by atoms with E-state index in [0.29, 0.717) is 10.6 Å². The number of allylic oxidation sites excluding steroid dienone is 1. The quantitative estimate of drug-likeness (QED) is 0.787. The first-order chi connectivity index (χ1) is 7.80. The fourth-order valence-electron chi connectivity index (χ4n) is 1.41. The second kappa shape index (κ2) is 5.35. The Kier molecular flexibility index (Phi) is 4.34. The number of rotatable bonds is 5. The molecule has 0 unspecified atom stereocenters. The molecule has 0 saturated heterocycles. The zero-order valence-corrected chi connectivity index (χ0v) is 10.6. The number of carbonyl (C=O) groups is 2. The number of hydrogen-bond donors (Lipinski definition) is 2. The molecule has 1 aliphatic rings. The van der Waals surface area contributed by atoms with Crippen molar-refractivity contribution in [1.29, 1.82) is 0 Å². The summed E-state index contributed by atoms with van der Waals surface area (Å²) in [6.07, 6.45) is 1.88. The van der Waals surface area contributed by atoms with E-state index in [1.165, 1.54) is 11.8 Å². The van der Waals surface area contributed by atoms with Gasteiger partial charge in [-0.3, -0.25) is 14.6 Å². The van der Waals surface area contributed by atoms with E-state index in [-0.39, 0.29) is 24.0 Å². The topological polar surface area (TPSA) is 87.0 Å². The summed E-state index contributed by atoms with van der Waals surface area (Å²) in [5.74, 6) is -1.83. The van der Waals surface area contributed by atoms with Crippen LogP contribution in [0.4, 0.5) is 0 Å². The fraction of sp³-hybridized carbons (Fsp3) is 0.545. The van der Waals surface area contributed by atoms with Crippen molar-refractivity contribution in [3.05, 3.63) is 10.6 Å². The normalized spacial score (nSPS) is 18.2. The Morgan fingerprint density at radius 2 is 2.00 bits per heavy atom. The monoisotopic (exact) mass is 257 g/mol. The van der Waals surface area contributed by atoms with Crippen molar-refractivity contribution in [2.45, 2.75) is 37.9 Å². The molecule has 1 aliphatic heterocycles. The van der Waals surface area contributed by atoms with Gasteiger partial charge in [-0.05, 0) is 13.8 Å². The van der Waals surface area contributed by atoms with Crippen LogP contribution >= 0.6 is 11.8 Å². The molecule has 0 aliphatic carbocycles. The predicted molar refractivity (Wildman–Crippen MR) is 66.3 cm³/mol. The molecule has 0 radical (unpaired) electrons. The summed E-state index contributed by atoms with van der Waals surface area (Å²) in [5.41, 5.74) is 0.583. The molecule has 1 heterocycles. The Morgan fingerprint density at radius 3 is 2.53 bits per heavy atom. The molecular weight excluding hydrogens is 242 g/mol. The highest BCUT2D eigenvalue weighted by Crippen LogP contribution is 2.39. The molecule has 0 fully saturated rings. The van der Waals surface area contributed by atoms with Gasteiger partial charge in [0.1, 0.15) is 0 Å². The molecule has 0 atom stereocenters. The summed E-state index contributed by atoms with van der Waals surface area (Å²) < 4.78 is -0.239. The molecule has 6 heteroatoms. The van der Waals surface area contributed by atoms with Gasteiger partial charge in [0.05, 0.1) is 18.5 Å². The third-order valence-electron chi connectivity index (χ3n) is 2.13. The van der Waals surface area contributed by atoms with E-state index in [4.69, 9.17) is 10.2 Å². The van der Waals surface area contributed by atoms with Crippen molar-refractivity contribution in [3.8, 4) is 0 Å². The minimum Gasteiger partial charge on any atom is -0.481 e. The summed E-state index contributed by atoms with van der Waals surface area (Å²) in [5, 5.41) is 17.4. The Morgan fingerprint density at radius 1 is 1.35 bits per heavy atom. The third-order valence-corrected chi connectivity index (χ3v) is 3.38. The molecule has 0 spiro atoms. The van der Waals surface area contributed by atoms with Crippen LogP contribution in [0.5, 0.6) is 0 Å². The Bertz CT molecular complexity index is 398. The summed E-state index contributed by atoms with van der Waals surface area (Å²) in [6.45, 7) is 3.88. The van der Waals surface area contributed by atoms with Crippen LogP contribution in [0.25, 0.3) is 0 Å².